The number of rotatable bonds is 6. The number of nitrogens with one attached hydrogen (secondary N) is 1. The van der Waals surface area contributed by atoms with Gasteiger partial charge in [-0.1, -0.05) is 18.2 Å². The predicted octanol–water partition coefficient (Wildman–Crippen LogP) is 2.71. The molecule has 0 aliphatic carbocycles. The van der Waals surface area contributed by atoms with Crippen LogP contribution in [-0.2, 0) is 22.8 Å². The van der Waals surface area contributed by atoms with Gasteiger partial charge in [-0.05, 0) is 35.6 Å². The summed E-state index contributed by atoms with van der Waals surface area (Å²) in [6, 6.07) is 11.4. The molecule has 1 aliphatic rings. The number of nitrogens with zero attached hydrogens (tertiary/aromatic N) is 3. The Balaban J connectivity index is 0.00000300. The standard InChI is InChI=1S/C20H28N4O2S2.HI/c1-21-20(22-10-9-17-5-7-19(8-6-17)28(2,25)26)24-13-11-23(12-14-24)16-18-4-3-15-27-18;/h3-8,15H,9-14,16H2,1-2H3,(H,21,22);1H. The van der Waals surface area contributed by atoms with Crippen LogP contribution in [0.15, 0.2) is 51.7 Å². The van der Waals surface area contributed by atoms with Crippen LogP contribution in [0.3, 0.4) is 0 Å². The molecule has 1 saturated heterocycles. The van der Waals surface area contributed by atoms with Crippen LogP contribution in [0.5, 0.6) is 0 Å². The zero-order valence-corrected chi connectivity index (χ0v) is 20.8. The quantitative estimate of drug-likeness (QED) is 0.342. The Bertz CT molecular complexity index is 876. The fourth-order valence-electron chi connectivity index (χ4n) is 3.29. The molecule has 29 heavy (non-hydrogen) atoms. The van der Waals surface area contributed by atoms with Gasteiger partial charge in [0.15, 0.2) is 15.8 Å². The first-order valence-corrected chi connectivity index (χ1v) is 12.2. The van der Waals surface area contributed by atoms with Crippen LogP contribution in [0.1, 0.15) is 10.4 Å². The van der Waals surface area contributed by atoms with Crippen LogP contribution < -0.4 is 5.32 Å². The van der Waals surface area contributed by atoms with Gasteiger partial charge in [-0.25, -0.2) is 8.42 Å². The molecule has 2 heterocycles. The molecule has 0 atom stereocenters. The Kier molecular flexibility index (Phi) is 9.38. The van der Waals surface area contributed by atoms with Gasteiger partial charge in [-0.3, -0.25) is 9.89 Å². The Morgan fingerprint density at radius 2 is 1.83 bits per heavy atom. The van der Waals surface area contributed by atoms with E-state index in [4.69, 9.17) is 0 Å². The number of piperazine rings is 1. The molecular weight excluding hydrogens is 519 g/mol. The van der Waals surface area contributed by atoms with Crippen molar-refractivity contribution in [2.24, 2.45) is 4.99 Å². The van der Waals surface area contributed by atoms with Gasteiger partial charge in [-0.15, -0.1) is 35.3 Å². The lowest BCUT2D eigenvalue weighted by Crippen LogP contribution is -2.52. The second-order valence-corrected chi connectivity index (χ2v) is 10.0. The maximum atomic E-state index is 11.5. The van der Waals surface area contributed by atoms with E-state index in [2.05, 4.69) is 37.6 Å². The molecule has 6 nitrogen and oxygen atoms in total. The van der Waals surface area contributed by atoms with Gasteiger partial charge in [0.05, 0.1) is 4.90 Å². The minimum Gasteiger partial charge on any atom is -0.356 e. The van der Waals surface area contributed by atoms with E-state index in [1.807, 2.05) is 30.5 Å². The summed E-state index contributed by atoms with van der Waals surface area (Å²) in [6.07, 6.45) is 2.05. The van der Waals surface area contributed by atoms with Crippen molar-refractivity contribution in [1.29, 1.82) is 0 Å². The molecule has 2 aromatic rings. The lowest BCUT2D eigenvalue weighted by molar-refractivity contribution is 0.174. The summed E-state index contributed by atoms with van der Waals surface area (Å²) in [5.74, 6) is 0.934. The van der Waals surface area contributed by atoms with Gasteiger partial charge in [0.2, 0.25) is 0 Å². The molecule has 0 radical (unpaired) electrons. The molecule has 0 saturated carbocycles. The third kappa shape index (κ3) is 7.23. The fraction of sp³-hybridized carbons (Fsp3) is 0.450. The van der Waals surface area contributed by atoms with Gasteiger partial charge in [-0.2, -0.15) is 0 Å². The van der Waals surface area contributed by atoms with Crippen LogP contribution in [0.2, 0.25) is 0 Å². The summed E-state index contributed by atoms with van der Waals surface area (Å²) in [5.41, 5.74) is 1.11. The normalized spacial score (nSPS) is 15.8. The van der Waals surface area contributed by atoms with E-state index in [9.17, 15) is 8.42 Å². The number of hydrogen-bond donors (Lipinski definition) is 1. The lowest BCUT2D eigenvalue weighted by atomic mass is 10.1. The van der Waals surface area contributed by atoms with Gasteiger partial charge in [0.1, 0.15) is 0 Å². The van der Waals surface area contributed by atoms with Gasteiger partial charge in [0.25, 0.3) is 0 Å². The third-order valence-corrected chi connectivity index (χ3v) is 6.88. The fourth-order valence-corrected chi connectivity index (χ4v) is 4.67. The topological polar surface area (TPSA) is 65.0 Å². The second kappa shape index (κ2) is 11.3. The van der Waals surface area contributed by atoms with Crippen molar-refractivity contribution in [2.45, 2.75) is 17.9 Å². The minimum atomic E-state index is -3.14. The number of halogens is 1. The van der Waals surface area contributed by atoms with Crippen molar-refractivity contribution in [3.8, 4) is 0 Å². The summed E-state index contributed by atoms with van der Waals surface area (Å²) in [7, 11) is -1.32. The highest BCUT2D eigenvalue weighted by Crippen LogP contribution is 2.14. The Hall–Kier alpha value is -1.17. The first-order valence-electron chi connectivity index (χ1n) is 9.45. The van der Waals surface area contributed by atoms with E-state index in [1.165, 1.54) is 11.1 Å². The molecule has 0 bridgehead atoms. The van der Waals surface area contributed by atoms with Crippen molar-refractivity contribution in [3.05, 3.63) is 52.2 Å². The number of hydrogen-bond acceptors (Lipinski definition) is 5. The van der Waals surface area contributed by atoms with E-state index < -0.39 is 9.84 Å². The zero-order chi connectivity index (χ0) is 20.0. The van der Waals surface area contributed by atoms with Crippen molar-refractivity contribution in [2.75, 3.05) is 46.0 Å². The Morgan fingerprint density at radius 3 is 2.38 bits per heavy atom. The van der Waals surface area contributed by atoms with Crippen LogP contribution in [-0.4, -0.2) is 70.2 Å². The van der Waals surface area contributed by atoms with Crippen molar-refractivity contribution >= 4 is 51.1 Å². The summed E-state index contributed by atoms with van der Waals surface area (Å²) in [6.45, 7) is 5.79. The van der Waals surface area contributed by atoms with Gasteiger partial charge in [0, 0.05) is 57.4 Å². The number of sulfone groups is 1. The van der Waals surface area contributed by atoms with E-state index in [1.54, 1.807) is 12.1 Å². The van der Waals surface area contributed by atoms with Crippen LogP contribution in [0, 0.1) is 0 Å². The van der Waals surface area contributed by atoms with Crippen LogP contribution >= 0.6 is 35.3 Å². The maximum Gasteiger partial charge on any atom is 0.193 e. The average molecular weight is 549 g/mol. The number of aliphatic imine (C=N–C) groups is 1. The maximum absolute atomic E-state index is 11.5. The largest absolute Gasteiger partial charge is 0.356 e. The van der Waals surface area contributed by atoms with Crippen LogP contribution in [0.4, 0.5) is 0 Å². The molecule has 1 aromatic heterocycles. The SMILES string of the molecule is CN=C(NCCc1ccc(S(C)(=O)=O)cc1)N1CCN(Cc2cccs2)CC1.I. The Labute approximate surface area is 195 Å². The van der Waals surface area contributed by atoms with E-state index in [-0.39, 0.29) is 24.0 Å². The molecule has 0 amide bonds. The zero-order valence-electron chi connectivity index (χ0n) is 16.9. The monoisotopic (exact) mass is 548 g/mol. The Morgan fingerprint density at radius 1 is 1.14 bits per heavy atom. The number of thiophene rings is 1. The van der Waals surface area contributed by atoms with Crippen molar-refractivity contribution < 1.29 is 8.42 Å². The highest BCUT2D eigenvalue weighted by Gasteiger charge is 2.19. The van der Waals surface area contributed by atoms with Gasteiger partial charge < -0.3 is 10.2 Å². The minimum absolute atomic E-state index is 0. The molecular formula is C20H29IN4O2S2. The number of benzene rings is 1. The molecule has 0 unspecified atom stereocenters. The molecule has 3 rings (SSSR count). The molecule has 1 N–H and O–H groups in total. The van der Waals surface area contributed by atoms with Crippen LogP contribution in [0.25, 0.3) is 0 Å². The first-order chi connectivity index (χ1) is 13.5. The predicted molar refractivity (Wildman–Crippen MR) is 131 cm³/mol. The average Bonchev–Trinajstić information content (AvgIpc) is 3.19. The summed E-state index contributed by atoms with van der Waals surface area (Å²) >= 11 is 1.81. The van der Waals surface area contributed by atoms with E-state index in [0.29, 0.717) is 4.90 Å². The summed E-state index contributed by atoms with van der Waals surface area (Å²) in [4.78, 5) is 11.0. The highest BCUT2D eigenvalue weighted by molar-refractivity contribution is 14.0. The van der Waals surface area contributed by atoms with Gasteiger partial charge >= 0.3 is 0 Å². The van der Waals surface area contributed by atoms with Crippen molar-refractivity contribution in [3.63, 3.8) is 0 Å². The molecule has 160 valence electrons. The highest BCUT2D eigenvalue weighted by atomic mass is 127. The molecule has 1 fully saturated rings. The summed E-state index contributed by atoms with van der Waals surface area (Å²) in [5, 5.41) is 5.57. The molecule has 0 spiro atoms. The molecule has 1 aromatic carbocycles. The molecule has 9 heteroatoms. The first kappa shape index (κ1) is 24.1. The second-order valence-electron chi connectivity index (χ2n) is 6.98. The third-order valence-electron chi connectivity index (χ3n) is 4.89. The number of guanidine groups is 1. The van der Waals surface area contributed by atoms with E-state index in [0.717, 1.165) is 57.2 Å². The lowest BCUT2D eigenvalue weighted by Gasteiger charge is -2.36. The smallest absolute Gasteiger partial charge is 0.193 e. The molecule has 1 aliphatic heterocycles. The van der Waals surface area contributed by atoms with Crippen molar-refractivity contribution in [1.82, 2.24) is 15.1 Å². The summed E-state index contributed by atoms with van der Waals surface area (Å²) < 4.78 is 23.1. The van der Waals surface area contributed by atoms with E-state index >= 15 is 0 Å².